The zero-order valence-electron chi connectivity index (χ0n) is 6.27. The molecule has 0 N–H and O–H groups in total. The first-order valence-corrected chi connectivity index (χ1v) is 3.87. The van der Waals surface area contributed by atoms with Gasteiger partial charge in [-0.2, -0.15) is 0 Å². The summed E-state index contributed by atoms with van der Waals surface area (Å²) < 4.78 is 0. The van der Waals surface area contributed by atoms with Crippen molar-refractivity contribution >= 4 is 0 Å². The van der Waals surface area contributed by atoms with Crippen molar-refractivity contribution in [2.45, 2.75) is 0 Å². The van der Waals surface area contributed by atoms with Gasteiger partial charge >= 0.3 is 0 Å². The third kappa shape index (κ3) is 1.25. The Balaban J connectivity index is 2.35. The minimum atomic E-state index is 0.510. The summed E-state index contributed by atoms with van der Waals surface area (Å²) in [5, 5.41) is 0. The normalized spacial score (nSPS) is 32.0. The zero-order chi connectivity index (χ0) is 7.52. The summed E-state index contributed by atoms with van der Waals surface area (Å²) in [6.45, 7) is 0. The van der Waals surface area contributed by atoms with Crippen molar-refractivity contribution in [1.82, 2.24) is 0 Å². The van der Waals surface area contributed by atoms with E-state index < -0.39 is 0 Å². The summed E-state index contributed by atoms with van der Waals surface area (Å²) in [5.41, 5.74) is 1.38. The molecule has 0 aromatic rings. The maximum atomic E-state index is 2.20. The second-order valence-electron chi connectivity index (χ2n) is 2.71. The smallest absolute Gasteiger partial charge is 0.0204 e. The van der Waals surface area contributed by atoms with Crippen LogP contribution in [0.4, 0.5) is 0 Å². The maximum Gasteiger partial charge on any atom is 0.0204 e. The predicted octanol–water partition coefficient (Wildman–Crippen LogP) is 2.78. The van der Waals surface area contributed by atoms with E-state index in [0.29, 0.717) is 5.92 Å². The van der Waals surface area contributed by atoms with Crippen molar-refractivity contribution in [3.8, 4) is 0 Å². The van der Waals surface area contributed by atoms with E-state index in [1.54, 1.807) is 0 Å². The first-order valence-electron chi connectivity index (χ1n) is 3.87. The standard InChI is InChI=1S/C11H10/c1-2-4-7-11-9-5-8-10(11)6-3-1/h1-10H/b2-1-,6-3?,7-4-. The average Bonchev–Trinajstić information content (AvgIpc) is 2.35. The molecule has 2 aliphatic carbocycles. The van der Waals surface area contributed by atoms with Crippen LogP contribution in [0.25, 0.3) is 0 Å². The quantitative estimate of drug-likeness (QED) is 0.488. The molecule has 0 saturated carbocycles. The van der Waals surface area contributed by atoms with Gasteiger partial charge in [-0.3, -0.25) is 0 Å². The number of hydrogen-bond acceptors (Lipinski definition) is 0. The van der Waals surface area contributed by atoms with E-state index in [-0.39, 0.29) is 0 Å². The molecule has 0 saturated heterocycles. The number of fused-ring (bicyclic) bond motifs is 1. The van der Waals surface area contributed by atoms with Crippen LogP contribution in [0.15, 0.2) is 60.3 Å². The Hall–Kier alpha value is -1.30. The minimum absolute atomic E-state index is 0.510. The molecule has 0 spiro atoms. The van der Waals surface area contributed by atoms with Crippen LogP contribution in [0.5, 0.6) is 0 Å². The lowest BCUT2D eigenvalue weighted by Gasteiger charge is -2.04. The summed E-state index contributed by atoms with van der Waals surface area (Å²) in [7, 11) is 0. The van der Waals surface area contributed by atoms with E-state index in [1.165, 1.54) is 5.57 Å². The first-order chi connectivity index (χ1) is 5.47. The van der Waals surface area contributed by atoms with Gasteiger partial charge in [0.15, 0.2) is 0 Å². The largest absolute Gasteiger partial charge is 0.0732 e. The highest BCUT2D eigenvalue weighted by molar-refractivity contribution is 5.41. The lowest BCUT2D eigenvalue weighted by atomic mass is 10.0. The maximum absolute atomic E-state index is 2.20. The average molecular weight is 142 g/mol. The van der Waals surface area contributed by atoms with Gasteiger partial charge in [0, 0.05) is 5.92 Å². The van der Waals surface area contributed by atoms with E-state index in [1.807, 2.05) is 6.08 Å². The first kappa shape index (κ1) is 6.41. The highest BCUT2D eigenvalue weighted by atomic mass is 14.1. The molecule has 1 atom stereocenters. The molecule has 0 aromatic carbocycles. The third-order valence-corrected chi connectivity index (χ3v) is 1.93. The van der Waals surface area contributed by atoms with Crippen LogP contribution in [0.1, 0.15) is 0 Å². The fourth-order valence-corrected chi connectivity index (χ4v) is 1.33. The van der Waals surface area contributed by atoms with Crippen molar-refractivity contribution in [3.63, 3.8) is 0 Å². The summed E-state index contributed by atoms with van der Waals surface area (Å²) in [5.74, 6) is 0.510. The Kier molecular flexibility index (Phi) is 1.60. The second-order valence-corrected chi connectivity index (χ2v) is 2.71. The summed E-state index contributed by atoms with van der Waals surface area (Å²) in [6.07, 6.45) is 19.1. The molecule has 0 aliphatic heterocycles. The van der Waals surface area contributed by atoms with Crippen molar-refractivity contribution in [1.29, 1.82) is 0 Å². The molecule has 54 valence electrons. The fourth-order valence-electron chi connectivity index (χ4n) is 1.33. The Labute approximate surface area is 66.9 Å². The van der Waals surface area contributed by atoms with E-state index in [2.05, 4.69) is 48.6 Å². The molecule has 0 aromatic heterocycles. The van der Waals surface area contributed by atoms with Gasteiger partial charge in [-0.1, -0.05) is 54.7 Å². The van der Waals surface area contributed by atoms with Crippen molar-refractivity contribution in [3.05, 3.63) is 60.3 Å². The van der Waals surface area contributed by atoms with Gasteiger partial charge in [0.05, 0.1) is 0 Å². The zero-order valence-corrected chi connectivity index (χ0v) is 6.27. The van der Waals surface area contributed by atoms with Crippen LogP contribution in [0, 0.1) is 5.92 Å². The molecule has 0 amide bonds. The molecule has 1 unspecified atom stereocenters. The Morgan fingerprint density at radius 1 is 0.818 bits per heavy atom. The molecule has 0 bridgehead atoms. The minimum Gasteiger partial charge on any atom is -0.0732 e. The lowest BCUT2D eigenvalue weighted by Crippen LogP contribution is -1.90. The van der Waals surface area contributed by atoms with Gasteiger partial charge in [-0.05, 0) is 5.57 Å². The highest BCUT2D eigenvalue weighted by Gasteiger charge is 2.07. The van der Waals surface area contributed by atoms with Crippen molar-refractivity contribution in [2.24, 2.45) is 5.92 Å². The van der Waals surface area contributed by atoms with E-state index in [0.717, 1.165) is 0 Å². The predicted molar refractivity (Wildman–Crippen MR) is 48.1 cm³/mol. The second kappa shape index (κ2) is 2.75. The molecular formula is C11H10. The van der Waals surface area contributed by atoms with Gasteiger partial charge in [0.1, 0.15) is 0 Å². The molecule has 0 heteroatoms. The van der Waals surface area contributed by atoms with Gasteiger partial charge in [-0.15, -0.1) is 0 Å². The summed E-state index contributed by atoms with van der Waals surface area (Å²) in [6, 6.07) is 0. The summed E-state index contributed by atoms with van der Waals surface area (Å²) in [4.78, 5) is 0. The highest BCUT2D eigenvalue weighted by Crippen LogP contribution is 2.22. The number of allylic oxidation sites excluding steroid dienone is 10. The van der Waals surface area contributed by atoms with Gasteiger partial charge < -0.3 is 0 Å². The molecule has 0 fully saturated rings. The molecule has 2 aliphatic rings. The van der Waals surface area contributed by atoms with Crippen LogP contribution < -0.4 is 0 Å². The van der Waals surface area contributed by atoms with Crippen LogP contribution in [-0.4, -0.2) is 0 Å². The van der Waals surface area contributed by atoms with E-state index in [4.69, 9.17) is 0 Å². The lowest BCUT2D eigenvalue weighted by molar-refractivity contribution is 1.03. The van der Waals surface area contributed by atoms with Gasteiger partial charge in [-0.25, -0.2) is 0 Å². The number of hydrogen-bond donors (Lipinski definition) is 0. The van der Waals surface area contributed by atoms with Crippen molar-refractivity contribution < 1.29 is 0 Å². The van der Waals surface area contributed by atoms with Crippen LogP contribution in [0.2, 0.25) is 0 Å². The van der Waals surface area contributed by atoms with Crippen LogP contribution in [0.3, 0.4) is 0 Å². The molecule has 2 rings (SSSR count). The Morgan fingerprint density at radius 2 is 1.64 bits per heavy atom. The number of rotatable bonds is 0. The van der Waals surface area contributed by atoms with E-state index in [9.17, 15) is 0 Å². The monoisotopic (exact) mass is 142 g/mol. The molecule has 0 radical (unpaired) electrons. The van der Waals surface area contributed by atoms with Gasteiger partial charge in [0.2, 0.25) is 0 Å². The fraction of sp³-hybridized carbons (Fsp3) is 0.0909. The third-order valence-electron chi connectivity index (χ3n) is 1.93. The van der Waals surface area contributed by atoms with Gasteiger partial charge in [0.25, 0.3) is 0 Å². The molecule has 0 nitrogen and oxygen atoms in total. The Morgan fingerprint density at radius 3 is 2.64 bits per heavy atom. The van der Waals surface area contributed by atoms with Crippen LogP contribution >= 0.6 is 0 Å². The molecule has 11 heavy (non-hydrogen) atoms. The molecular weight excluding hydrogens is 132 g/mol. The van der Waals surface area contributed by atoms with Crippen LogP contribution in [-0.2, 0) is 0 Å². The SMILES string of the molecule is C1=CC2C=C/C=C\C=C/C2=C1. The summed E-state index contributed by atoms with van der Waals surface area (Å²) >= 11 is 0. The topological polar surface area (TPSA) is 0 Å². The van der Waals surface area contributed by atoms with E-state index >= 15 is 0 Å². The Bertz CT molecular complexity index is 285. The molecule has 0 heterocycles. The van der Waals surface area contributed by atoms with Crippen molar-refractivity contribution in [2.75, 3.05) is 0 Å².